The SMILES string of the molecule is COCCCOCCOCC(N)C1CCCC1. The first-order valence-electron chi connectivity index (χ1n) is 6.74. The molecule has 4 nitrogen and oxygen atoms in total. The number of rotatable bonds is 10. The van der Waals surface area contributed by atoms with E-state index in [9.17, 15) is 0 Å². The van der Waals surface area contributed by atoms with Gasteiger partial charge in [0.15, 0.2) is 0 Å². The van der Waals surface area contributed by atoms with E-state index in [1.165, 1.54) is 25.7 Å². The van der Waals surface area contributed by atoms with Crippen LogP contribution in [0, 0.1) is 5.92 Å². The molecule has 0 bridgehead atoms. The minimum atomic E-state index is 0.214. The van der Waals surface area contributed by atoms with Crippen molar-refractivity contribution >= 4 is 0 Å². The third-order valence-electron chi connectivity index (χ3n) is 3.32. The second kappa shape index (κ2) is 9.83. The molecular formula is C13H27NO3. The van der Waals surface area contributed by atoms with Gasteiger partial charge in [-0.2, -0.15) is 0 Å². The van der Waals surface area contributed by atoms with Crippen molar-refractivity contribution in [2.24, 2.45) is 11.7 Å². The van der Waals surface area contributed by atoms with Crippen LogP contribution in [-0.4, -0.2) is 46.2 Å². The lowest BCUT2D eigenvalue weighted by molar-refractivity contribution is 0.0310. The maximum Gasteiger partial charge on any atom is 0.0701 e. The van der Waals surface area contributed by atoms with E-state index in [1.807, 2.05) is 0 Å². The molecule has 102 valence electrons. The Morgan fingerprint density at radius 3 is 2.47 bits per heavy atom. The summed E-state index contributed by atoms with van der Waals surface area (Å²) in [5, 5.41) is 0. The van der Waals surface area contributed by atoms with Crippen LogP contribution in [0.3, 0.4) is 0 Å². The summed E-state index contributed by atoms with van der Waals surface area (Å²) >= 11 is 0. The lowest BCUT2D eigenvalue weighted by Crippen LogP contribution is -2.33. The minimum Gasteiger partial charge on any atom is -0.385 e. The quantitative estimate of drug-likeness (QED) is 0.594. The molecule has 1 atom stereocenters. The van der Waals surface area contributed by atoms with Crippen LogP contribution in [0.25, 0.3) is 0 Å². The van der Waals surface area contributed by atoms with Gasteiger partial charge in [-0.15, -0.1) is 0 Å². The van der Waals surface area contributed by atoms with Gasteiger partial charge in [0, 0.05) is 26.4 Å². The summed E-state index contributed by atoms with van der Waals surface area (Å²) < 4.78 is 15.9. The van der Waals surface area contributed by atoms with Crippen molar-refractivity contribution in [3.05, 3.63) is 0 Å². The zero-order chi connectivity index (χ0) is 12.3. The zero-order valence-corrected chi connectivity index (χ0v) is 11.0. The molecule has 1 aliphatic carbocycles. The van der Waals surface area contributed by atoms with Crippen LogP contribution < -0.4 is 5.73 Å². The first-order chi connectivity index (χ1) is 8.34. The van der Waals surface area contributed by atoms with Crippen LogP contribution in [0.5, 0.6) is 0 Å². The van der Waals surface area contributed by atoms with E-state index < -0.39 is 0 Å². The van der Waals surface area contributed by atoms with Crippen molar-refractivity contribution in [2.45, 2.75) is 38.1 Å². The molecule has 0 radical (unpaired) electrons. The molecule has 0 heterocycles. The molecule has 1 aliphatic rings. The van der Waals surface area contributed by atoms with Crippen molar-refractivity contribution in [1.82, 2.24) is 0 Å². The first-order valence-corrected chi connectivity index (χ1v) is 6.74. The summed E-state index contributed by atoms with van der Waals surface area (Å²) in [6, 6.07) is 0.214. The summed E-state index contributed by atoms with van der Waals surface area (Å²) in [4.78, 5) is 0. The predicted molar refractivity (Wildman–Crippen MR) is 68.1 cm³/mol. The Morgan fingerprint density at radius 2 is 1.76 bits per heavy atom. The van der Waals surface area contributed by atoms with Crippen LogP contribution in [0.1, 0.15) is 32.1 Å². The van der Waals surface area contributed by atoms with Crippen LogP contribution >= 0.6 is 0 Å². The van der Waals surface area contributed by atoms with Gasteiger partial charge in [0.2, 0.25) is 0 Å². The van der Waals surface area contributed by atoms with E-state index in [-0.39, 0.29) is 6.04 Å². The maximum atomic E-state index is 6.08. The van der Waals surface area contributed by atoms with E-state index in [0.29, 0.717) is 25.7 Å². The van der Waals surface area contributed by atoms with Gasteiger partial charge in [-0.3, -0.25) is 0 Å². The van der Waals surface area contributed by atoms with Crippen molar-refractivity contribution in [1.29, 1.82) is 0 Å². The normalized spacial score (nSPS) is 18.7. The Hall–Kier alpha value is -0.160. The molecular weight excluding hydrogens is 218 g/mol. The summed E-state index contributed by atoms with van der Waals surface area (Å²) in [6.07, 6.45) is 6.16. The van der Waals surface area contributed by atoms with Crippen LogP contribution in [0.15, 0.2) is 0 Å². The fourth-order valence-corrected chi connectivity index (χ4v) is 2.27. The van der Waals surface area contributed by atoms with Gasteiger partial charge in [-0.05, 0) is 25.2 Å². The second-order valence-electron chi connectivity index (χ2n) is 4.74. The van der Waals surface area contributed by atoms with Gasteiger partial charge >= 0.3 is 0 Å². The van der Waals surface area contributed by atoms with Crippen LogP contribution in [0.4, 0.5) is 0 Å². The molecule has 0 saturated heterocycles. The largest absolute Gasteiger partial charge is 0.385 e. The summed E-state index contributed by atoms with van der Waals surface area (Å²) in [5.41, 5.74) is 6.08. The maximum absolute atomic E-state index is 6.08. The Balaban J connectivity index is 1.83. The highest BCUT2D eigenvalue weighted by Crippen LogP contribution is 2.26. The molecule has 1 fully saturated rings. The van der Waals surface area contributed by atoms with Crippen molar-refractivity contribution in [2.75, 3.05) is 40.1 Å². The number of hydrogen-bond donors (Lipinski definition) is 1. The average Bonchev–Trinajstić information content (AvgIpc) is 2.86. The third kappa shape index (κ3) is 6.99. The smallest absolute Gasteiger partial charge is 0.0701 e. The van der Waals surface area contributed by atoms with Gasteiger partial charge in [-0.25, -0.2) is 0 Å². The number of ether oxygens (including phenoxy) is 3. The van der Waals surface area contributed by atoms with Gasteiger partial charge in [0.1, 0.15) is 0 Å². The first kappa shape index (κ1) is 14.9. The zero-order valence-electron chi connectivity index (χ0n) is 11.0. The molecule has 0 amide bonds. The molecule has 0 aromatic heterocycles. The lowest BCUT2D eigenvalue weighted by Gasteiger charge is -2.18. The van der Waals surface area contributed by atoms with Gasteiger partial charge < -0.3 is 19.9 Å². The molecule has 4 heteroatoms. The molecule has 0 spiro atoms. The van der Waals surface area contributed by atoms with Gasteiger partial charge in [-0.1, -0.05) is 12.8 Å². The van der Waals surface area contributed by atoms with Crippen LogP contribution in [0.2, 0.25) is 0 Å². The predicted octanol–water partition coefficient (Wildman–Crippen LogP) is 1.57. The van der Waals surface area contributed by atoms with Crippen LogP contribution in [-0.2, 0) is 14.2 Å². The highest BCUT2D eigenvalue weighted by atomic mass is 16.5. The van der Waals surface area contributed by atoms with E-state index in [0.717, 1.165) is 19.6 Å². The third-order valence-corrected chi connectivity index (χ3v) is 3.32. The Bertz CT molecular complexity index is 172. The van der Waals surface area contributed by atoms with Gasteiger partial charge in [0.05, 0.1) is 19.8 Å². The molecule has 2 N–H and O–H groups in total. The molecule has 1 rings (SSSR count). The van der Waals surface area contributed by atoms with E-state index in [1.54, 1.807) is 7.11 Å². The minimum absolute atomic E-state index is 0.214. The van der Waals surface area contributed by atoms with E-state index in [2.05, 4.69) is 0 Å². The molecule has 17 heavy (non-hydrogen) atoms. The molecule has 1 saturated carbocycles. The number of methoxy groups -OCH3 is 1. The second-order valence-corrected chi connectivity index (χ2v) is 4.74. The molecule has 0 aromatic rings. The van der Waals surface area contributed by atoms with Crippen molar-refractivity contribution < 1.29 is 14.2 Å². The van der Waals surface area contributed by atoms with E-state index >= 15 is 0 Å². The summed E-state index contributed by atoms with van der Waals surface area (Å²) in [7, 11) is 1.70. The Kier molecular flexibility index (Phi) is 8.61. The molecule has 0 aromatic carbocycles. The molecule has 1 unspecified atom stereocenters. The summed E-state index contributed by atoms with van der Waals surface area (Å²) in [6.45, 7) is 3.47. The number of nitrogens with two attached hydrogens (primary N) is 1. The summed E-state index contributed by atoms with van der Waals surface area (Å²) in [5.74, 6) is 0.678. The lowest BCUT2D eigenvalue weighted by atomic mass is 10.00. The van der Waals surface area contributed by atoms with E-state index in [4.69, 9.17) is 19.9 Å². The highest BCUT2D eigenvalue weighted by molar-refractivity contribution is 4.77. The Morgan fingerprint density at radius 1 is 1.06 bits per heavy atom. The van der Waals surface area contributed by atoms with Gasteiger partial charge in [0.25, 0.3) is 0 Å². The highest BCUT2D eigenvalue weighted by Gasteiger charge is 2.21. The average molecular weight is 245 g/mol. The van der Waals surface area contributed by atoms with Crippen molar-refractivity contribution in [3.63, 3.8) is 0 Å². The van der Waals surface area contributed by atoms with Crippen molar-refractivity contribution in [3.8, 4) is 0 Å². The fourth-order valence-electron chi connectivity index (χ4n) is 2.27. The number of hydrogen-bond acceptors (Lipinski definition) is 4. The Labute approximate surface area is 105 Å². The fraction of sp³-hybridized carbons (Fsp3) is 1.00. The molecule has 0 aliphatic heterocycles. The standard InChI is InChI=1S/C13H27NO3/c1-15-7-4-8-16-9-10-17-11-13(14)12-5-2-3-6-12/h12-13H,2-11,14H2,1H3. The monoisotopic (exact) mass is 245 g/mol. The topological polar surface area (TPSA) is 53.7 Å².